The summed E-state index contributed by atoms with van der Waals surface area (Å²) in [5.74, 6) is 0.252. The number of aryl methyl sites for hydroxylation is 1. The Hall–Kier alpha value is -2.38. The highest BCUT2D eigenvalue weighted by Crippen LogP contribution is 2.22. The molecule has 0 fully saturated rings. The lowest BCUT2D eigenvalue weighted by molar-refractivity contribution is 0.0502. The molecule has 0 saturated heterocycles. The van der Waals surface area contributed by atoms with E-state index in [1.54, 1.807) is 29.6 Å². The molecular formula is C20H21ClN2O4S. The van der Waals surface area contributed by atoms with Gasteiger partial charge in [0, 0.05) is 16.9 Å². The molecule has 0 unspecified atom stereocenters. The third-order valence-electron chi connectivity index (χ3n) is 4.14. The number of hydrogen-bond donors (Lipinski definition) is 0. The average Bonchev–Trinajstić information content (AvgIpc) is 3.13. The molecule has 0 aliphatic heterocycles. The van der Waals surface area contributed by atoms with Gasteiger partial charge in [0.2, 0.25) is 0 Å². The van der Waals surface area contributed by atoms with Gasteiger partial charge in [-0.05, 0) is 37.1 Å². The van der Waals surface area contributed by atoms with E-state index in [2.05, 4.69) is 4.98 Å². The minimum atomic E-state index is -0.470. The smallest absolute Gasteiger partial charge is 0.339 e. The Kier molecular flexibility index (Phi) is 7.06. The average molecular weight is 421 g/mol. The van der Waals surface area contributed by atoms with Gasteiger partial charge in [-0.25, -0.2) is 9.78 Å². The molecule has 0 radical (unpaired) electrons. The summed E-state index contributed by atoms with van der Waals surface area (Å²) in [6.45, 7) is 3.26. The zero-order valence-electron chi connectivity index (χ0n) is 15.5. The van der Waals surface area contributed by atoms with Crippen molar-refractivity contribution in [1.82, 2.24) is 9.55 Å². The summed E-state index contributed by atoms with van der Waals surface area (Å²) in [6, 6.07) is 7.11. The molecule has 0 bridgehead atoms. The molecule has 3 rings (SSSR count). The number of carbonyl (C=O) groups excluding carboxylic acids is 1. The van der Waals surface area contributed by atoms with E-state index >= 15 is 0 Å². The lowest BCUT2D eigenvalue weighted by atomic mass is 10.2. The minimum Gasteiger partial charge on any atom is -0.494 e. The van der Waals surface area contributed by atoms with Crippen molar-refractivity contribution in [2.75, 3.05) is 13.2 Å². The zero-order valence-corrected chi connectivity index (χ0v) is 17.1. The van der Waals surface area contributed by atoms with E-state index in [1.807, 2.05) is 6.92 Å². The minimum absolute atomic E-state index is 0.236. The van der Waals surface area contributed by atoms with Crippen molar-refractivity contribution in [2.24, 2.45) is 0 Å². The van der Waals surface area contributed by atoms with Crippen LogP contribution < -0.4 is 10.3 Å². The fourth-order valence-electron chi connectivity index (χ4n) is 2.62. The standard InChI is InChI=1S/C20H21ClN2O4S/c1-2-3-10-27-20(25)16-12-28-18-17(16)19(24)23(13-22-18)9-4-11-26-15-7-5-14(21)6-8-15/h5-8,12-13H,2-4,9-11H2,1H3. The lowest BCUT2D eigenvalue weighted by Crippen LogP contribution is -2.22. The largest absolute Gasteiger partial charge is 0.494 e. The van der Waals surface area contributed by atoms with E-state index in [4.69, 9.17) is 21.1 Å². The molecule has 0 atom stereocenters. The van der Waals surface area contributed by atoms with E-state index in [0.29, 0.717) is 47.0 Å². The molecule has 148 valence electrons. The fraction of sp³-hybridized carbons (Fsp3) is 0.350. The van der Waals surface area contributed by atoms with Crippen LogP contribution in [0.2, 0.25) is 5.02 Å². The number of nitrogens with zero attached hydrogens (tertiary/aromatic N) is 2. The highest BCUT2D eigenvalue weighted by atomic mass is 35.5. The van der Waals surface area contributed by atoms with Crippen LogP contribution in [-0.2, 0) is 11.3 Å². The Labute approximate surface area is 171 Å². The molecule has 2 aromatic heterocycles. The van der Waals surface area contributed by atoms with E-state index in [1.165, 1.54) is 22.2 Å². The number of rotatable bonds is 9. The molecule has 8 heteroatoms. The summed E-state index contributed by atoms with van der Waals surface area (Å²) >= 11 is 7.12. The van der Waals surface area contributed by atoms with Gasteiger partial charge in [-0.1, -0.05) is 24.9 Å². The van der Waals surface area contributed by atoms with E-state index in [9.17, 15) is 9.59 Å². The Morgan fingerprint density at radius 1 is 1.21 bits per heavy atom. The number of hydrogen-bond acceptors (Lipinski definition) is 6. The van der Waals surface area contributed by atoms with Gasteiger partial charge >= 0.3 is 5.97 Å². The van der Waals surface area contributed by atoms with Crippen LogP contribution in [0, 0.1) is 0 Å². The molecule has 0 N–H and O–H groups in total. The maximum Gasteiger partial charge on any atom is 0.339 e. The Balaban J connectivity index is 1.66. The number of unbranched alkanes of at least 4 members (excludes halogenated alkanes) is 1. The number of fused-ring (bicyclic) bond motifs is 1. The molecule has 0 aliphatic rings. The second kappa shape index (κ2) is 9.71. The monoisotopic (exact) mass is 420 g/mol. The molecule has 6 nitrogen and oxygen atoms in total. The fourth-order valence-corrected chi connectivity index (χ4v) is 3.61. The second-order valence-electron chi connectivity index (χ2n) is 6.22. The van der Waals surface area contributed by atoms with Crippen molar-refractivity contribution < 1.29 is 14.3 Å². The zero-order chi connectivity index (χ0) is 19.9. The highest BCUT2D eigenvalue weighted by molar-refractivity contribution is 7.17. The van der Waals surface area contributed by atoms with Gasteiger partial charge in [0.05, 0.1) is 30.5 Å². The third kappa shape index (κ3) is 4.91. The van der Waals surface area contributed by atoms with Crippen molar-refractivity contribution in [1.29, 1.82) is 0 Å². The van der Waals surface area contributed by atoms with Gasteiger partial charge < -0.3 is 9.47 Å². The number of thiophene rings is 1. The van der Waals surface area contributed by atoms with Gasteiger partial charge in [-0.3, -0.25) is 9.36 Å². The normalized spacial score (nSPS) is 10.9. The third-order valence-corrected chi connectivity index (χ3v) is 5.28. The lowest BCUT2D eigenvalue weighted by Gasteiger charge is -2.08. The number of carbonyl (C=O) groups is 1. The number of benzene rings is 1. The van der Waals surface area contributed by atoms with E-state index < -0.39 is 5.97 Å². The second-order valence-corrected chi connectivity index (χ2v) is 7.51. The molecule has 0 aliphatic carbocycles. The van der Waals surface area contributed by atoms with Crippen LogP contribution in [0.1, 0.15) is 36.5 Å². The number of aromatic nitrogens is 2. The predicted molar refractivity (Wildman–Crippen MR) is 111 cm³/mol. The van der Waals surface area contributed by atoms with E-state index in [-0.39, 0.29) is 5.56 Å². The molecular weight excluding hydrogens is 400 g/mol. The van der Waals surface area contributed by atoms with Gasteiger partial charge in [0.25, 0.3) is 5.56 Å². The highest BCUT2D eigenvalue weighted by Gasteiger charge is 2.18. The first-order valence-corrected chi connectivity index (χ1v) is 10.4. The van der Waals surface area contributed by atoms with Crippen molar-refractivity contribution in [3.63, 3.8) is 0 Å². The molecule has 0 amide bonds. The van der Waals surface area contributed by atoms with Crippen molar-refractivity contribution in [3.05, 3.63) is 56.9 Å². The molecule has 0 saturated carbocycles. The SMILES string of the molecule is CCCCOC(=O)c1csc2ncn(CCCOc3ccc(Cl)cc3)c(=O)c12. The predicted octanol–water partition coefficient (Wildman–Crippen LogP) is 4.54. The Morgan fingerprint density at radius 3 is 2.75 bits per heavy atom. The summed E-state index contributed by atoms with van der Waals surface area (Å²) in [6.07, 6.45) is 3.86. The van der Waals surface area contributed by atoms with E-state index in [0.717, 1.165) is 18.6 Å². The van der Waals surface area contributed by atoms with Crippen LogP contribution in [0.25, 0.3) is 10.2 Å². The Bertz CT molecular complexity index is 998. The summed E-state index contributed by atoms with van der Waals surface area (Å²) in [4.78, 5) is 29.9. The van der Waals surface area contributed by atoms with Crippen LogP contribution in [0.15, 0.2) is 40.8 Å². The summed E-state index contributed by atoms with van der Waals surface area (Å²) in [7, 11) is 0. The molecule has 3 aromatic rings. The Morgan fingerprint density at radius 2 is 2.00 bits per heavy atom. The maximum atomic E-state index is 12.8. The van der Waals surface area contributed by atoms with Crippen molar-refractivity contribution >= 4 is 39.1 Å². The van der Waals surface area contributed by atoms with Crippen LogP contribution in [0.5, 0.6) is 5.75 Å². The van der Waals surface area contributed by atoms with Crippen LogP contribution in [-0.4, -0.2) is 28.7 Å². The van der Waals surface area contributed by atoms with Crippen molar-refractivity contribution in [3.8, 4) is 5.75 Å². The molecule has 1 aromatic carbocycles. The molecule has 2 heterocycles. The first kappa shape index (κ1) is 20.4. The van der Waals surface area contributed by atoms with Gasteiger partial charge in [0.1, 0.15) is 10.6 Å². The van der Waals surface area contributed by atoms with Gasteiger partial charge in [-0.2, -0.15) is 0 Å². The van der Waals surface area contributed by atoms with Crippen LogP contribution in [0.3, 0.4) is 0 Å². The summed E-state index contributed by atoms with van der Waals surface area (Å²) in [5, 5.41) is 2.62. The summed E-state index contributed by atoms with van der Waals surface area (Å²) in [5.41, 5.74) is 0.0561. The quantitative estimate of drug-likeness (QED) is 0.375. The van der Waals surface area contributed by atoms with Crippen LogP contribution in [0.4, 0.5) is 0 Å². The van der Waals surface area contributed by atoms with Gasteiger partial charge in [-0.15, -0.1) is 11.3 Å². The first-order chi connectivity index (χ1) is 13.6. The first-order valence-electron chi connectivity index (χ1n) is 9.12. The van der Waals surface area contributed by atoms with Crippen LogP contribution >= 0.6 is 22.9 Å². The number of halogens is 1. The van der Waals surface area contributed by atoms with Crippen molar-refractivity contribution in [2.45, 2.75) is 32.7 Å². The topological polar surface area (TPSA) is 70.4 Å². The van der Waals surface area contributed by atoms with Gasteiger partial charge in [0.15, 0.2) is 0 Å². The summed E-state index contributed by atoms with van der Waals surface area (Å²) < 4.78 is 12.4. The molecule has 28 heavy (non-hydrogen) atoms. The number of ether oxygens (including phenoxy) is 2. The maximum absolute atomic E-state index is 12.8. The molecule has 0 spiro atoms. The number of esters is 1.